The number of sulfone groups is 1. The van der Waals surface area contributed by atoms with Gasteiger partial charge in [0.1, 0.15) is 9.84 Å². The fraction of sp³-hybridized carbons (Fsp3) is 0.308. The molecule has 0 aromatic heterocycles. The van der Waals surface area contributed by atoms with Crippen LogP contribution in [-0.2, 0) is 20.8 Å². The molecule has 22 heavy (non-hydrogen) atoms. The van der Waals surface area contributed by atoms with E-state index in [0.717, 1.165) is 24.5 Å². The van der Waals surface area contributed by atoms with Crippen molar-refractivity contribution in [3.8, 4) is 0 Å². The van der Waals surface area contributed by atoms with Crippen LogP contribution in [0.5, 0.6) is 0 Å². The van der Waals surface area contributed by atoms with Gasteiger partial charge in [-0.2, -0.15) is 13.2 Å². The highest BCUT2D eigenvalue weighted by molar-refractivity contribution is 7.90. The number of nitrogens with one attached hydrogen (secondary N) is 1. The van der Waals surface area contributed by atoms with Crippen LogP contribution in [0.4, 0.5) is 13.2 Å². The summed E-state index contributed by atoms with van der Waals surface area (Å²) >= 11 is 5.47. The molecular formula is C13H13ClF3NO3S. The molecule has 122 valence electrons. The van der Waals surface area contributed by atoms with Gasteiger partial charge in [0.2, 0.25) is 5.91 Å². The predicted octanol–water partition coefficient (Wildman–Crippen LogP) is 2.53. The van der Waals surface area contributed by atoms with Gasteiger partial charge in [0.05, 0.1) is 16.3 Å². The highest BCUT2D eigenvalue weighted by Gasteiger charge is 2.33. The first-order valence-electron chi connectivity index (χ1n) is 5.99. The summed E-state index contributed by atoms with van der Waals surface area (Å²) in [6, 6.07) is 3.24. The fourth-order valence-electron chi connectivity index (χ4n) is 1.45. The van der Waals surface area contributed by atoms with Crippen molar-refractivity contribution in [2.45, 2.75) is 6.18 Å². The smallest absolute Gasteiger partial charge is 0.352 e. The Morgan fingerprint density at radius 2 is 2.00 bits per heavy atom. The van der Waals surface area contributed by atoms with Crippen molar-refractivity contribution < 1.29 is 26.4 Å². The van der Waals surface area contributed by atoms with Crippen LogP contribution in [-0.4, -0.2) is 32.9 Å². The minimum atomic E-state index is -4.58. The van der Waals surface area contributed by atoms with Gasteiger partial charge < -0.3 is 5.32 Å². The second kappa shape index (κ2) is 7.15. The number of benzene rings is 1. The van der Waals surface area contributed by atoms with Crippen molar-refractivity contribution in [2.75, 3.05) is 18.6 Å². The van der Waals surface area contributed by atoms with E-state index < -0.39 is 32.5 Å². The molecule has 0 aliphatic rings. The Morgan fingerprint density at radius 3 is 2.55 bits per heavy atom. The summed E-state index contributed by atoms with van der Waals surface area (Å²) in [5.41, 5.74) is -0.844. The van der Waals surface area contributed by atoms with E-state index in [2.05, 4.69) is 5.32 Å². The Bertz CT molecular complexity index is 684. The van der Waals surface area contributed by atoms with Gasteiger partial charge in [0, 0.05) is 18.9 Å². The van der Waals surface area contributed by atoms with Gasteiger partial charge in [-0.3, -0.25) is 4.79 Å². The van der Waals surface area contributed by atoms with Crippen molar-refractivity contribution in [3.63, 3.8) is 0 Å². The first-order chi connectivity index (χ1) is 9.99. The average molecular weight is 356 g/mol. The maximum Gasteiger partial charge on any atom is 0.417 e. The molecule has 1 rings (SSSR count). The van der Waals surface area contributed by atoms with Crippen LogP contribution in [0.15, 0.2) is 24.3 Å². The number of amides is 1. The number of hydrogen-bond acceptors (Lipinski definition) is 3. The van der Waals surface area contributed by atoms with Gasteiger partial charge >= 0.3 is 6.18 Å². The highest BCUT2D eigenvalue weighted by atomic mass is 35.5. The minimum Gasteiger partial charge on any atom is -0.352 e. The second-order valence-electron chi connectivity index (χ2n) is 4.49. The molecule has 0 heterocycles. The molecule has 0 aliphatic heterocycles. The van der Waals surface area contributed by atoms with Gasteiger partial charge in [0.25, 0.3) is 0 Å². The van der Waals surface area contributed by atoms with Crippen molar-refractivity contribution in [1.29, 1.82) is 0 Å². The van der Waals surface area contributed by atoms with Crippen molar-refractivity contribution >= 4 is 33.4 Å². The lowest BCUT2D eigenvalue weighted by Crippen LogP contribution is -2.27. The summed E-state index contributed by atoms with van der Waals surface area (Å²) in [4.78, 5) is 11.4. The number of hydrogen-bond donors (Lipinski definition) is 1. The van der Waals surface area contributed by atoms with E-state index >= 15 is 0 Å². The summed E-state index contributed by atoms with van der Waals surface area (Å²) in [7, 11) is -3.19. The number of halogens is 4. The van der Waals surface area contributed by atoms with E-state index in [4.69, 9.17) is 11.6 Å². The molecule has 0 radical (unpaired) electrons. The Hall–Kier alpha value is -1.54. The molecule has 0 saturated heterocycles. The summed E-state index contributed by atoms with van der Waals surface area (Å²) < 4.78 is 59.7. The molecule has 1 aromatic carbocycles. The van der Waals surface area contributed by atoms with Gasteiger partial charge in [-0.1, -0.05) is 17.7 Å². The number of alkyl halides is 3. The molecule has 4 nitrogen and oxygen atoms in total. The van der Waals surface area contributed by atoms with Crippen LogP contribution in [0.1, 0.15) is 11.1 Å². The Morgan fingerprint density at radius 1 is 1.36 bits per heavy atom. The number of carbonyl (C=O) groups excluding carboxylic acids is 1. The summed E-state index contributed by atoms with van der Waals surface area (Å²) in [6.45, 7) is -0.0730. The minimum absolute atomic E-state index is 0.0730. The van der Waals surface area contributed by atoms with Crippen LogP contribution in [0.3, 0.4) is 0 Å². The lowest BCUT2D eigenvalue weighted by atomic mass is 10.1. The number of rotatable bonds is 5. The van der Waals surface area contributed by atoms with Gasteiger partial charge in [0.15, 0.2) is 0 Å². The van der Waals surface area contributed by atoms with Gasteiger partial charge in [-0.15, -0.1) is 0 Å². The lowest BCUT2D eigenvalue weighted by Gasteiger charge is -2.09. The molecule has 1 N–H and O–H groups in total. The van der Waals surface area contributed by atoms with E-state index in [1.54, 1.807) is 0 Å². The van der Waals surface area contributed by atoms with E-state index in [-0.39, 0.29) is 17.9 Å². The van der Waals surface area contributed by atoms with Crippen molar-refractivity contribution in [1.82, 2.24) is 5.32 Å². The molecule has 1 amide bonds. The molecule has 0 bridgehead atoms. The zero-order valence-corrected chi connectivity index (χ0v) is 13.0. The largest absolute Gasteiger partial charge is 0.417 e. The van der Waals surface area contributed by atoms with E-state index in [1.165, 1.54) is 12.1 Å². The molecule has 1 aromatic rings. The van der Waals surface area contributed by atoms with Crippen LogP contribution < -0.4 is 5.32 Å². The Kier molecular flexibility index (Phi) is 6.01. The standard InChI is InChI=1S/C13H13ClF3NO3S/c1-22(20,21)7-6-18-12(19)5-3-9-2-4-11(14)10(8-9)13(15,16)17/h2-5,8H,6-7H2,1H3,(H,18,19). The van der Waals surface area contributed by atoms with Crippen LogP contribution in [0.25, 0.3) is 6.08 Å². The van der Waals surface area contributed by atoms with E-state index in [1.807, 2.05) is 0 Å². The Balaban J connectivity index is 2.72. The molecule has 0 atom stereocenters. The van der Waals surface area contributed by atoms with Crippen LogP contribution in [0.2, 0.25) is 5.02 Å². The molecular weight excluding hydrogens is 343 g/mol. The maximum absolute atomic E-state index is 12.7. The third-order valence-corrected chi connectivity index (χ3v) is 3.77. The van der Waals surface area contributed by atoms with Gasteiger partial charge in [-0.25, -0.2) is 8.42 Å². The topological polar surface area (TPSA) is 63.2 Å². The fourth-order valence-corrected chi connectivity index (χ4v) is 2.15. The van der Waals surface area contributed by atoms with Crippen LogP contribution in [0, 0.1) is 0 Å². The third kappa shape index (κ3) is 6.48. The summed E-state index contributed by atoms with van der Waals surface area (Å²) in [6.07, 6.45) is -1.35. The molecule has 9 heteroatoms. The molecule has 0 fully saturated rings. The number of carbonyl (C=O) groups is 1. The summed E-state index contributed by atoms with van der Waals surface area (Å²) in [5, 5.41) is 1.88. The van der Waals surface area contributed by atoms with Gasteiger partial charge in [-0.05, 0) is 23.8 Å². The normalized spacial score (nSPS) is 12.6. The van der Waals surface area contributed by atoms with E-state index in [9.17, 15) is 26.4 Å². The molecule has 0 aliphatic carbocycles. The third-order valence-electron chi connectivity index (χ3n) is 2.50. The SMILES string of the molecule is CS(=O)(=O)CCNC(=O)C=Cc1ccc(Cl)c(C(F)(F)F)c1. The van der Waals surface area contributed by atoms with Crippen molar-refractivity contribution in [2.24, 2.45) is 0 Å². The quantitative estimate of drug-likeness (QED) is 0.826. The monoisotopic (exact) mass is 355 g/mol. The molecule has 0 saturated carbocycles. The molecule has 0 spiro atoms. The zero-order chi connectivity index (χ0) is 17.0. The Labute approximate surface area is 130 Å². The van der Waals surface area contributed by atoms with Crippen LogP contribution >= 0.6 is 11.6 Å². The first-order valence-corrected chi connectivity index (χ1v) is 8.43. The second-order valence-corrected chi connectivity index (χ2v) is 7.16. The summed E-state index contributed by atoms with van der Waals surface area (Å²) in [5.74, 6) is -0.821. The lowest BCUT2D eigenvalue weighted by molar-refractivity contribution is -0.137. The van der Waals surface area contributed by atoms with E-state index in [0.29, 0.717) is 0 Å². The maximum atomic E-state index is 12.7. The first kappa shape index (κ1) is 18.5. The van der Waals surface area contributed by atoms with Crippen molar-refractivity contribution in [3.05, 3.63) is 40.4 Å². The average Bonchev–Trinajstić information content (AvgIpc) is 2.34. The molecule has 0 unspecified atom stereocenters. The highest BCUT2D eigenvalue weighted by Crippen LogP contribution is 2.35. The zero-order valence-electron chi connectivity index (χ0n) is 11.4. The predicted molar refractivity (Wildman–Crippen MR) is 78.2 cm³/mol.